The van der Waals surface area contributed by atoms with E-state index in [0.29, 0.717) is 16.3 Å². The minimum absolute atomic E-state index is 0.182. The standard InChI is InChI=1S/C24H20Br2Cl2IN3O/c25-16-11-18(23(29)19(26)12-16)24(33)30-17-5-6-22(21(28)13-17)32-9-7-31(8-10-32)14-15-3-1-2-4-20(15)27/h1-6,11-13H,7-10,14H2,(H,30,33). The fourth-order valence-corrected chi connectivity index (χ4v) is 6.05. The Morgan fingerprint density at radius 1 is 0.970 bits per heavy atom. The molecule has 1 amide bonds. The summed E-state index contributed by atoms with van der Waals surface area (Å²) in [5.41, 5.74) is 3.38. The fourth-order valence-electron chi connectivity index (χ4n) is 3.78. The van der Waals surface area contributed by atoms with Gasteiger partial charge in [0, 0.05) is 55.9 Å². The number of anilines is 2. The quantitative estimate of drug-likeness (QED) is 0.217. The number of hydrogen-bond donors (Lipinski definition) is 1. The molecule has 3 aromatic carbocycles. The van der Waals surface area contributed by atoms with Gasteiger partial charge in [-0.25, -0.2) is 0 Å². The summed E-state index contributed by atoms with van der Waals surface area (Å²) in [5, 5.41) is 4.39. The van der Waals surface area contributed by atoms with Crippen LogP contribution in [0.15, 0.2) is 63.5 Å². The number of carbonyl (C=O) groups is 1. The van der Waals surface area contributed by atoms with E-state index in [1.807, 2.05) is 42.5 Å². The molecule has 1 fully saturated rings. The lowest BCUT2D eigenvalue weighted by Gasteiger charge is -2.36. The van der Waals surface area contributed by atoms with Crippen molar-refractivity contribution in [2.45, 2.75) is 6.54 Å². The number of halogens is 5. The van der Waals surface area contributed by atoms with Crippen molar-refractivity contribution in [1.29, 1.82) is 0 Å². The van der Waals surface area contributed by atoms with Crippen molar-refractivity contribution < 1.29 is 4.79 Å². The van der Waals surface area contributed by atoms with Crippen LogP contribution in [-0.2, 0) is 6.54 Å². The van der Waals surface area contributed by atoms with E-state index in [-0.39, 0.29) is 5.91 Å². The number of nitrogens with one attached hydrogen (secondary N) is 1. The maximum absolute atomic E-state index is 12.8. The summed E-state index contributed by atoms with van der Waals surface area (Å²) in [6.45, 7) is 4.45. The molecule has 4 nitrogen and oxygen atoms in total. The molecule has 0 spiro atoms. The van der Waals surface area contributed by atoms with Gasteiger partial charge in [0.1, 0.15) is 0 Å². The zero-order valence-corrected chi connectivity index (χ0v) is 24.3. The lowest BCUT2D eigenvalue weighted by Crippen LogP contribution is -2.46. The molecular weight excluding hydrogens is 704 g/mol. The van der Waals surface area contributed by atoms with Gasteiger partial charge in [-0.3, -0.25) is 9.69 Å². The van der Waals surface area contributed by atoms with Crippen LogP contribution in [0.5, 0.6) is 0 Å². The molecule has 0 unspecified atom stereocenters. The lowest BCUT2D eigenvalue weighted by atomic mass is 10.1. The molecule has 0 saturated carbocycles. The zero-order chi connectivity index (χ0) is 23.5. The molecule has 4 rings (SSSR count). The van der Waals surface area contributed by atoms with Crippen LogP contribution in [0.2, 0.25) is 10.0 Å². The zero-order valence-electron chi connectivity index (χ0n) is 17.4. The van der Waals surface area contributed by atoms with Gasteiger partial charge < -0.3 is 10.2 Å². The average Bonchev–Trinajstić information content (AvgIpc) is 2.78. The first kappa shape index (κ1) is 25.3. The number of rotatable bonds is 5. The second-order valence-electron chi connectivity index (χ2n) is 7.72. The highest BCUT2D eigenvalue weighted by Gasteiger charge is 2.20. The molecule has 1 saturated heterocycles. The number of carbonyl (C=O) groups excluding carboxylic acids is 1. The van der Waals surface area contributed by atoms with Crippen LogP contribution in [0, 0.1) is 3.57 Å². The molecule has 1 N–H and O–H groups in total. The summed E-state index contributed by atoms with van der Waals surface area (Å²) < 4.78 is 2.55. The maximum Gasteiger partial charge on any atom is 0.256 e. The SMILES string of the molecule is O=C(Nc1ccc(N2CCN(Cc3ccccc3Cl)CC2)c(Cl)c1)c1cc(Br)cc(Br)c1I. The van der Waals surface area contributed by atoms with Crippen molar-refractivity contribution in [2.24, 2.45) is 0 Å². The molecule has 0 aliphatic carbocycles. The van der Waals surface area contributed by atoms with E-state index in [2.05, 4.69) is 75.6 Å². The number of nitrogens with zero attached hydrogens (tertiary/aromatic N) is 2. The van der Waals surface area contributed by atoms with E-state index < -0.39 is 0 Å². The lowest BCUT2D eigenvalue weighted by molar-refractivity contribution is 0.102. The van der Waals surface area contributed by atoms with Crippen molar-refractivity contribution in [3.63, 3.8) is 0 Å². The van der Waals surface area contributed by atoms with Gasteiger partial charge in [0.2, 0.25) is 0 Å². The van der Waals surface area contributed by atoms with Crippen LogP contribution in [0.25, 0.3) is 0 Å². The van der Waals surface area contributed by atoms with Gasteiger partial charge in [-0.15, -0.1) is 0 Å². The molecule has 9 heteroatoms. The van der Waals surface area contributed by atoms with Crippen LogP contribution < -0.4 is 10.2 Å². The molecule has 1 heterocycles. The molecule has 0 bridgehead atoms. The Balaban J connectivity index is 1.39. The predicted octanol–water partition coefficient (Wildman–Crippen LogP) is 7.70. The summed E-state index contributed by atoms with van der Waals surface area (Å²) in [6.07, 6.45) is 0. The summed E-state index contributed by atoms with van der Waals surface area (Å²) in [6, 6.07) is 17.4. The molecular formula is C24H20Br2Cl2IN3O. The Hall–Kier alpha value is -0.840. The molecule has 0 radical (unpaired) electrons. The first-order valence-corrected chi connectivity index (χ1v) is 13.7. The Bertz CT molecular complexity index is 1190. The van der Waals surface area contributed by atoms with Crippen LogP contribution in [0.1, 0.15) is 15.9 Å². The third kappa shape index (κ3) is 6.24. The van der Waals surface area contributed by atoms with Crippen molar-refractivity contribution in [3.05, 3.63) is 88.3 Å². The highest BCUT2D eigenvalue weighted by Crippen LogP contribution is 2.32. The largest absolute Gasteiger partial charge is 0.368 e. The summed E-state index contributed by atoms with van der Waals surface area (Å²) in [5.74, 6) is -0.182. The van der Waals surface area contributed by atoms with E-state index >= 15 is 0 Å². The molecule has 3 aromatic rings. The number of hydrogen-bond acceptors (Lipinski definition) is 3. The fraction of sp³-hybridized carbons (Fsp3) is 0.208. The Morgan fingerprint density at radius 3 is 2.39 bits per heavy atom. The second kappa shape index (κ2) is 11.3. The topological polar surface area (TPSA) is 35.6 Å². The minimum atomic E-state index is -0.182. The number of amides is 1. The Kier molecular flexibility index (Phi) is 8.62. The van der Waals surface area contributed by atoms with E-state index in [1.54, 1.807) is 6.07 Å². The van der Waals surface area contributed by atoms with E-state index in [1.165, 1.54) is 0 Å². The first-order chi connectivity index (χ1) is 15.8. The summed E-state index contributed by atoms with van der Waals surface area (Å²) in [7, 11) is 0. The third-order valence-corrected chi connectivity index (χ3v) is 9.17. The molecule has 0 aromatic heterocycles. The average molecular weight is 724 g/mol. The monoisotopic (exact) mass is 721 g/mol. The van der Waals surface area contributed by atoms with Gasteiger partial charge in [-0.1, -0.05) is 57.3 Å². The molecule has 172 valence electrons. The smallest absolute Gasteiger partial charge is 0.256 e. The normalized spacial score (nSPS) is 14.4. The Morgan fingerprint density at radius 2 is 1.70 bits per heavy atom. The van der Waals surface area contributed by atoms with Gasteiger partial charge in [0.25, 0.3) is 5.91 Å². The van der Waals surface area contributed by atoms with Gasteiger partial charge in [-0.05, 0) is 80.5 Å². The summed E-state index contributed by atoms with van der Waals surface area (Å²) >= 11 is 22.0. The van der Waals surface area contributed by atoms with Crippen molar-refractivity contribution >= 4 is 94.9 Å². The van der Waals surface area contributed by atoms with Gasteiger partial charge >= 0.3 is 0 Å². The van der Waals surface area contributed by atoms with Gasteiger partial charge in [-0.2, -0.15) is 0 Å². The summed E-state index contributed by atoms with van der Waals surface area (Å²) in [4.78, 5) is 17.5. The maximum atomic E-state index is 12.8. The van der Waals surface area contributed by atoms with Crippen molar-refractivity contribution in [3.8, 4) is 0 Å². The van der Waals surface area contributed by atoms with Crippen LogP contribution >= 0.6 is 77.7 Å². The molecule has 0 atom stereocenters. The predicted molar refractivity (Wildman–Crippen MR) is 153 cm³/mol. The van der Waals surface area contributed by atoms with Crippen LogP contribution in [-0.4, -0.2) is 37.0 Å². The third-order valence-electron chi connectivity index (χ3n) is 5.51. The molecule has 1 aliphatic rings. The van der Waals surface area contributed by atoms with Crippen LogP contribution in [0.3, 0.4) is 0 Å². The Labute approximate surface area is 234 Å². The van der Waals surface area contributed by atoms with E-state index in [0.717, 1.165) is 61.5 Å². The highest BCUT2D eigenvalue weighted by atomic mass is 127. The van der Waals surface area contributed by atoms with Gasteiger partial charge in [0.05, 0.1) is 16.3 Å². The number of piperazine rings is 1. The first-order valence-electron chi connectivity index (χ1n) is 10.3. The van der Waals surface area contributed by atoms with Gasteiger partial charge in [0.15, 0.2) is 0 Å². The number of benzene rings is 3. The minimum Gasteiger partial charge on any atom is -0.368 e. The van der Waals surface area contributed by atoms with Crippen molar-refractivity contribution in [2.75, 3.05) is 36.4 Å². The van der Waals surface area contributed by atoms with Crippen molar-refractivity contribution in [1.82, 2.24) is 4.90 Å². The van der Waals surface area contributed by atoms with E-state index in [9.17, 15) is 4.79 Å². The molecule has 1 aliphatic heterocycles. The molecule has 33 heavy (non-hydrogen) atoms. The van der Waals surface area contributed by atoms with E-state index in [4.69, 9.17) is 23.2 Å². The van der Waals surface area contributed by atoms with Crippen LogP contribution in [0.4, 0.5) is 11.4 Å². The highest BCUT2D eigenvalue weighted by molar-refractivity contribution is 14.1. The second-order valence-corrected chi connectivity index (χ2v) is 11.4.